The van der Waals surface area contributed by atoms with E-state index in [9.17, 15) is 9.59 Å². The molecule has 0 saturated heterocycles. The van der Waals surface area contributed by atoms with Crippen LogP contribution in [0.25, 0.3) is 5.69 Å². The van der Waals surface area contributed by atoms with Crippen LogP contribution in [0.1, 0.15) is 21.0 Å². The van der Waals surface area contributed by atoms with Crippen LogP contribution in [-0.4, -0.2) is 26.6 Å². The Balaban J connectivity index is 1.80. The fourth-order valence-corrected chi connectivity index (χ4v) is 2.33. The Bertz CT molecular complexity index is 971. The molecule has 2 amide bonds. The highest BCUT2D eigenvalue weighted by atomic mass is 35.5. The number of rotatable bonds is 4. The van der Waals surface area contributed by atoms with Crippen molar-refractivity contribution in [2.75, 3.05) is 5.32 Å². The van der Waals surface area contributed by atoms with Crippen molar-refractivity contribution in [3.05, 3.63) is 70.1 Å². The molecular weight excluding hydrogens is 365 g/mol. The van der Waals surface area contributed by atoms with Gasteiger partial charge in [-0.15, -0.1) is 0 Å². The van der Waals surface area contributed by atoms with Crippen LogP contribution < -0.4 is 11.1 Å². The van der Waals surface area contributed by atoms with E-state index < -0.39 is 11.8 Å². The summed E-state index contributed by atoms with van der Waals surface area (Å²) in [6, 6.07) is 11.1. The Labute approximate surface area is 152 Å². The molecule has 0 saturated carbocycles. The molecule has 2 heterocycles. The van der Waals surface area contributed by atoms with Gasteiger partial charge in [0.2, 0.25) is 0 Å². The molecule has 0 spiro atoms. The summed E-state index contributed by atoms with van der Waals surface area (Å²) in [7, 11) is 0. The van der Waals surface area contributed by atoms with Crippen molar-refractivity contribution >= 4 is 40.8 Å². The van der Waals surface area contributed by atoms with Crippen LogP contribution in [0.3, 0.4) is 0 Å². The standard InChI is InChI=1S/C16H11Cl2N5O2/c17-10-5-4-9(8-11(10)18)23-7-6-13(22-23)16(25)21-14-3-1-2-12(20-14)15(19)24/h1-8H,(H2,19,24)(H,20,21,25). The van der Waals surface area contributed by atoms with E-state index in [1.165, 1.54) is 16.8 Å². The third kappa shape index (κ3) is 3.78. The van der Waals surface area contributed by atoms with E-state index in [4.69, 9.17) is 28.9 Å². The van der Waals surface area contributed by atoms with Crippen LogP contribution in [0.5, 0.6) is 0 Å². The second kappa shape index (κ2) is 6.92. The molecule has 126 valence electrons. The van der Waals surface area contributed by atoms with Gasteiger partial charge in [0, 0.05) is 6.20 Å². The van der Waals surface area contributed by atoms with Gasteiger partial charge in [-0.2, -0.15) is 5.10 Å². The van der Waals surface area contributed by atoms with Gasteiger partial charge in [0.1, 0.15) is 11.5 Å². The van der Waals surface area contributed by atoms with Crippen LogP contribution in [0.2, 0.25) is 10.0 Å². The molecule has 0 radical (unpaired) electrons. The second-order valence-corrected chi connectivity index (χ2v) is 5.78. The Hall–Kier alpha value is -2.90. The maximum atomic E-state index is 12.3. The number of nitrogens with two attached hydrogens (primary N) is 1. The molecular formula is C16H11Cl2N5O2. The zero-order valence-electron chi connectivity index (χ0n) is 12.6. The van der Waals surface area contributed by atoms with Gasteiger partial charge >= 0.3 is 0 Å². The molecule has 2 aromatic heterocycles. The first-order chi connectivity index (χ1) is 11.9. The number of primary amides is 1. The van der Waals surface area contributed by atoms with Gasteiger partial charge in [-0.3, -0.25) is 9.59 Å². The highest BCUT2D eigenvalue weighted by Gasteiger charge is 2.13. The Morgan fingerprint density at radius 3 is 2.56 bits per heavy atom. The average molecular weight is 376 g/mol. The summed E-state index contributed by atoms with van der Waals surface area (Å²) in [6.07, 6.45) is 1.61. The molecule has 3 rings (SSSR count). The van der Waals surface area contributed by atoms with Gasteiger partial charge in [0.25, 0.3) is 11.8 Å². The number of halogens is 2. The van der Waals surface area contributed by atoms with Crippen molar-refractivity contribution in [1.29, 1.82) is 0 Å². The van der Waals surface area contributed by atoms with Gasteiger partial charge < -0.3 is 11.1 Å². The van der Waals surface area contributed by atoms with Gasteiger partial charge in [-0.25, -0.2) is 9.67 Å². The smallest absolute Gasteiger partial charge is 0.277 e. The Morgan fingerprint density at radius 1 is 1.04 bits per heavy atom. The van der Waals surface area contributed by atoms with Gasteiger partial charge in [-0.05, 0) is 36.4 Å². The summed E-state index contributed by atoms with van der Waals surface area (Å²) in [5, 5.41) is 7.56. The van der Waals surface area contributed by atoms with Crippen LogP contribution >= 0.6 is 23.2 Å². The minimum Gasteiger partial charge on any atom is -0.364 e. The maximum Gasteiger partial charge on any atom is 0.277 e. The Morgan fingerprint density at radius 2 is 1.84 bits per heavy atom. The molecule has 0 aliphatic rings. The quantitative estimate of drug-likeness (QED) is 0.731. The molecule has 0 aliphatic heterocycles. The molecule has 7 nitrogen and oxygen atoms in total. The molecule has 0 fully saturated rings. The minimum atomic E-state index is -0.681. The second-order valence-electron chi connectivity index (χ2n) is 4.97. The number of amides is 2. The van der Waals surface area contributed by atoms with Crippen molar-refractivity contribution in [1.82, 2.24) is 14.8 Å². The van der Waals surface area contributed by atoms with Crippen LogP contribution in [0.4, 0.5) is 5.82 Å². The third-order valence-electron chi connectivity index (χ3n) is 3.23. The summed E-state index contributed by atoms with van der Waals surface area (Å²) in [4.78, 5) is 27.4. The number of benzene rings is 1. The van der Waals surface area contributed by atoms with E-state index in [0.29, 0.717) is 15.7 Å². The summed E-state index contributed by atoms with van der Waals surface area (Å²) in [6.45, 7) is 0. The number of nitrogens with one attached hydrogen (secondary N) is 1. The number of carbonyl (C=O) groups excluding carboxylic acids is 2. The number of hydrogen-bond donors (Lipinski definition) is 2. The van der Waals surface area contributed by atoms with E-state index in [2.05, 4.69) is 15.4 Å². The molecule has 0 unspecified atom stereocenters. The predicted molar refractivity (Wildman–Crippen MR) is 94.3 cm³/mol. The summed E-state index contributed by atoms with van der Waals surface area (Å²) < 4.78 is 1.49. The monoisotopic (exact) mass is 375 g/mol. The summed E-state index contributed by atoms with van der Waals surface area (Å²) >= 11 is 11.9. The topological polar surface area (TPSA) is 103 Å². The number of carbonyl (C=O) groups is 2. The first kappa shape index (κ1) is 16.9. The molecule has 3 aromatic rings. The highest BCUT2D eigenvalue weighted by Crippen LogP contribution is 2.24. The van der Waals surface area contributed by atoms with E-state index in [-0.39, 0.29) is 17.2 Å². The van der Waals surface area contributed by atoms with Crippen molar-refractivity contribution < 1.29 is 9.59 Å². The van der Waals surface area contributed by atoms with E-state index in [0.717, 1.165) is 0 Å². The normalized spacial score (nSPS) is 10.5. The number of nitrogens with zero attached hydrogens (tertiary/aromatic N) is 3. The van der Waals surface area contributed by atoms with Crippen LogP contribution in [0.15, 0.2) is 48.7 Å². The average Bonchev–Trinajstić information content (AvgIpc) is 3.08. The zero-order chi connectivity index (χ0) is 18.0. The van der Waals surface area contributed by atoms with Crippen molar-refractivity contribution in [2.45, 2.75) is 0 Å². The lowest BCUT2D eigenvalue weighted by molar-refractivity contribution is 0.0990. The SMILES string of the molecule is NC(=O)c1cccc(NC(=O)c2ccn(-c3ccc(Cl)c(Cl)c3)n2)n1. The van der Waals surface area contributed by atoms with Gasteiger partial charge in [0.05, 0.1) is 15.7 Å². The number of aromatic nitrogens is 3. The summed E-state index contributed by atoms with van der Waals surface area (Å²) in [5.41, 5.74) is 6.04. The van der Waals surface area contributed by atoms with E-state index in [1.54, 1.807) is 36.5 Å². The predicted octanol–water partition coefficient (Wildman–Crippen LogP) is 2.93. The van der Waals surface area contributed by atoms with Gasteiger partial charge in [0.15, 0.2) is 5.69 Å². The fraction of sp³-hybridized carbons (Fsp3) is 0. The number of hydrogen-bond acceptors (Lipinski definition) is 4. The molecule has 9 heteroatoms. The number of anilines is 1. The molecule has 0 bridgehead atoms. The highest BCUT2D eigenvalue weighted by molar-refractivity contribution is 6.42. The lowest BCUT2D eigenvalue weighted by Gasteiger charge is -2.04. The zero-order valence-corrected chi connectivity index (χ0v) is 14.1. The molecule has 25 heavy (non-hydrogen) atoms. The largest absolute Gasteiger partial charge is 0.364 e. The lowest BCUT2D eigenvalue weighted by atomic mass is 10.3. The van der Waals surface area contributed by atoms with Crippen molar-refractivity contribution in [3.8, 4) is 5.69 Å². The first-order valence-corrected chi connectivity index (χ1v) is 7.79. The van der Waals surface area contributed by atoms with Crippen molar-refractivity contribution in [2.24, 2.45) is 5.73 Å². The molecule has 0 aliphatic carbocycles. The van der Waals surface area contributed by atoms with E-state index >= 15 is 0 Å². The van der Waals surface area contributed by atoms with Crippen molar-refractivity contribution in [3.63, 3.8) is 0 Å². The van der Waals surface area contributed by atoms with Crippen LogP contribution in [0, 0.1) is 0 Å². The van der Waals surface area contributed by atoms with Gasteiger partial charge in [-0.1, -0.05) is 29.3 Å². The number of pyridine rings is 1. The fourth-order valence-electron chi connectivity index (χ4n) is 2.04. The third-order valence-corrected chi connectivity index (χ3v) is 3.97. The first-order valence-electron chi connectivity index (χ1n) is 7.03. The molecule has 3 N–H and O–H groups in total. The molecule has 0 atom stereocenters. The summed E-state index contributed by atoms with van der Waals surface area (Å²) in [5.74, 6) is -0.960. The maximum absolute atomic E-state index is 12.3. The minimum absolute atomic E-state index is 0.0548. The Kier molecular flexibility index (Phi) is 4.69. The van der Waals surface area contributed by atoms with Crippen LogP contribution in [-0.2, 0) is 0 Å². The molecule has 1 aromatic carbocycles. The van der Waals surface area contributed by atoms with E-state index in [1.807, 2.05) is 0 Å². The lowest BCUT2D eigenvalue weighted by Crippen LogP contribution is -2.17.